The summed E-state index contributed by atoms with van der Waals surface area (Å²) in [6.07, 6.45) is 0. The van der Waals surface area contributed by atoms with E-state index in [0.717, 1.165) is 5.56 Å². The van der Waals surface area contributed by atoms with Gasteiger partial charge in [-0.05, 0) is 43.3 Å². The number of aryl methyl sites for hydroxylation is 1. The van der Waals surface area contributed by atoms with Crippen molar-refractivity contribution >= 4 is 11.9 Å². The SMILES string of the molecule is Cc1cccc(C(=O)NCC(=O)OCc2nc(-c3ccc(F)cc3)no2)c1. The minimum atomic E-state index is -0.641. The highest BCUT2D eigenvalue weighted by atomic mass is 19.1. The summed E-state index contributed by atoms with van der Waals surface area (Å²) in [4.78, 5) is 27.8. The van der Waals surface area contributed by atoms with Crippen LogP contribution in [0.4, 0.5) is 4.39 Å². The first-order chi connectivity index (χ1) is 13.0. The van der Waals surface area contributed by atoms with Crippen molar-refractivity contribution in [3.63, 3.8) is 0 Å². The smallest absolute Gasteiger partial charge is 0.325 e. The number of amides is 1. The Bertz CT molecular complexity index is 954. The molecule has 0 radical (unpaired) electrons. The van der Waals surface area contributed by atoms with E-state index in [1.54, 1.807) is 18.2 Å². The van der Waals surface area contributed by atoms with Gasteiger partial charge >= 0.3 is 5.97 Å². The standard InChI is InChI=1S/C19H16FN3O4/c1-12-3-2-4-14(9-12)19(25)21-10-17(24)26-11-16-22-18(23-27-16)13-5-7-15(20)8-6-13/h2-9H,10-11H2,1H3,(H,21,25). The van der Waals surface area contributed by atoms with Crippen molar-refractivity contribution in [1.29, 1.82) is 0 Å². The Kier molecular flexibility index (Phi) is 5.55. The van der Waals surface area contributed by atoms with Gasteiger partial charge in [0.15, 0.2) is 6.61 Å². The largest absolute Gasteiger partial charge is 0.454 e. The minimum absolute atomic E-state index is 0.0904. The van der Waals surface area contributed by atoms with Gasteiger partial charge in [-0.25, -0.2) is 4.39 Å². The molecule has 1 aromatic heterocycles. The van der Waals surface area contributed by atoms with Gasteiger partial charge < -0.3 is 14.6 Å². The van der Waals surface area contributed by atoms with E-state index < -0.39 is 5.97 Å². The van der Waals surface area contributed by atoms with Crippen LogP contribution >= 0.6 is 0 Å². The molecule has 3 aromatic rings. The third kappa shape index (κ3) is 4.97. The molecule has 0 aliphatic rings. The van der Waals surface area contributed by atoms with E-state index in [1.165, 1.54) is 24.3 Å². The fourth-order valence-corrected chi connectivity index (χ4v) is 2.26. The summed E-state index contributed by atoms with van der Waals surface area (Å²) < 4.78 is 22.9. The molecule has 1 heterocycles. The number of hydrogen-bond donors (Lipinski definition) is 1. The van der Waals surface area contributed by atoms with Gasteiger partial charge in [-0.3, -0.25) is 9.59 Å². The lowest BCUT2D eigenvalue weighted by Crippen LogP contribution is -2.30. The van der Waals surface area contributed by atoms with Crippen LogP contribution < -0.4 is 5.32 Å². The van der Waals surface area contributed by atoms with E-state index in [1.807, 2.05) is 13.0 Å². The van der Waals surface area contributed by atoms with E-state index in [9.17, 15) is 14.0 Å². The number of benzene rings is 2. The van der Waals surface area contributed by atoms with Crippen molar-refractivity contribution in [3.05, 3.63) is 71.4 Å². The van der Waals surface area contributed by atoms with Crippen molar-refractivity contribution in [3.8, 4) is 11.4 Å². The van der Waals surface area contributed by atoms with Crippen molar-refractivity contribution in [2.75, 3.05) is 6.54 Å². The summed E-state index contributed by atoms with van der Waals surface area (Å²) in [5, 5.41) is 6.23. The second-order valence-corrected chi connectivity index (χ2v) is 5.73. The molecule has 0 aliphatic carbocycles. The van der Waals surface area contributed by atoms with E-state index >= 15 is 0 Å². The first-order valence-electron chi connectivity index (χ1n) is 8.10. The maximum Gasteiger partial charge on any atom is 0.325 e. The molecule has 1 amide bonds. The van der Waals surface area contributed by atoms with Crippen LogP contribution in [0.2, 0.25) is 0 Å². The molecule has 8 heteroatoms. The number of carbonyl (C=O) groups is 2. The highest BCUT2D eigenvalue weighted by molar-refractivity contribution is 5.96. The van der Waals surface area contributed by atoms with E-state index in [4.69, 9.17) is 9.26 Å². The van der Waals surface area contributed by atoms with Gasteiger partial charge in [0, 0.05) is 11.1 Å². The van der Waals surface area contributed by atoms with Crippen LogP contribution in [0.5, 0.6) is 0 Å². The molecule has 0 saturated heterocycles. The lowest BCUT2D eigenvalue weighted by molar-refractivity contribution is -0.144. The predicted octanol–water partition coefficient (Wildman–Crippen LogP) is 2.66. The molecule has 0 bridgehead atoms. The molecule has 0 fully saturated rings. The molecule has 0 unspecified atom stereocenters. The molecule has 1 N–H and O–H groups in total. The van der Waals surface area contributed by atoms with Gasteiger partial charge in [0.25, 0.3) is 11.8 Å². The third-order valence-electron chi connectivity index (χ3n) is 3.60. The maximum absolute atomic E-state index is 12.9. The van der Waals surface area contributed by atoms with Gasteiger partial charge in [-0.2, -0.15) is 4.98 Å². The van der Waals surface area contributed by atoms with Gasteiger partial charge in [0.1, 0.15) is 12.4 Å². The number of hydrogen-bond acceptors (Lipinski definition) is 6. The zero-order valence-corrected chi connectivity index (χ0v) is 14.4. The zero-order chi connectivity index (χ0) is 19.2. The topological polar surface area (TPSA) is 94.3 Å². The number of halogens is 1. The van der Waals surface area contributed by atoms with Crippen molar-refractivity contribution in [2.24, 2.45) is 0 Å². The highest BCUT2D eigenvalue weighted by Crippen LogP contribution is 2.16. The van der Waals surface area contributed by atoms with E-state index in [-0.39, 0.29) is 36.6 Å². The molecule has 3 rings (SSSR count). The molecule has 0 aliphatic heterocycles. The van der Waals surface area contributed by atoms with Crippen LogP contribution in [0, 0.1) is 12.7 Å². The molecule has 0 spiro atoms. The third-order valence-corrected chi connectivity index (χ3v) is 3.60. The average molecular weight is 369 g/mol. The summed E-state index contributed by atoms with van der Waals surface area (Å²) in [6.45, 7) is 1.36. The van der Waals surface area contributed by atoms with Gasteiger partial charge in [-0.15, -0.1) is 0 Å². The number of rotatable bonds is 6. The van der Waals surface area contributed by atoms with Crippen LogP contribution in [0.25, 0.3) is 11.4 Å². The monoisotopic (exact) mass is 369 g/mol. The number of esters is 1. The van der Waals surface area contributed by atoms with Gasteiger partial charge in [0.05, 0.1) is 0 Å². The molecule has 138 valence electrons. The molecule has 27 heavy (non-hydrogen) atoms. The normalized spacial score (nSPS) is 10.4. The Morgan fingerprint density at radius 2 is 1.96 bits per heavy atom. The Balaban J connectivity index is 1.48. The average Bonchev–Trinajstić information content (AvgIpc) is 3.14. The maximum atomic E-state index is 12.9. The van der Waals surface area contributed by atoms with E-state index in [2.05, 4.69) is 15.5 Å². The lowest BCUT2D eigenvalue weighted by Gasteiger charge is -2.05. The molecular weight excluding hydrogens is 353 g/mol. The molecule has 2 aromatic carbocycles. The molecular formula is C19H16FN3O4. The summed E-state index contributed by atoms with van der Waals surface area (Å²) in [5.41, 5.74) is 1.98. The molecule has 7 nitrogen and oxygen atoms in total. The summed E-state index contributed by atoms with van der Waals surface area (Å²) in [6, 6.07) is 12.6. The number of ether oxygens (including phenoxy) is 1. The van der Waals surface area contributed by atoms with Crippen LogP contribution in [-0.2, 0) is 16.1 Å². The minimum Gasteiger partial charge on any atom is -0.454 e. The molecule has 0 atom stereocenters. The Morgan fingerprint density at radius 1 is 1.19 bits per heavy atom. The van der Waals surface area contributed by atoms with Crippen LogP contribution in [0.15, 0.2) is 53.1 Å². The van der Waals surface area contributed by atoms with Gasteiger partial charge in [-0.1, -0.05) is 22.9 Å². The number of aromatic nitrogens is 2. The number of carbonyl (C=O) groups excluding carboxylic acids is 2. The molecule has 0 saturated carbocycles. The predicted molar refractivity (Wildman–Crippen MR) is 93.0 cm³/mol. The van der Waals surface area contributed by atoms with Crippen LogP contribution in [0.1, 0.15) is 21.8 Å². The summed E-state index contributed by atoms with van der Waals surface area (Å²) >= 11 is 0. The van der Waals surface area contributed by atoms with Crippen molar-refractivity contribution in [1.82, 2.24) is 15.5 Å². The van der Waals surface area contributed by atoms with Crippen LogP contribution in [-0.4, -0.2) is 28.6 Å². The second kappa shape index (κ2) is 8.22. The summed E-state index contributed by atoms with van der Waals surface area (Å²) in [7, 11) is 0. The van der Waals surface area contributed by atoms with Crippen molar-refractivity contribution < 1.29 is 23.2 Å². The van der Waals surface area contributed by atoms with Crippen LogP contribution in [0.3, 0.4) is 0 Å². The fourth-order valence-electron chi connectivity index (χ4n) is 2.26. The Morgan fingerprint density at radius 3 is 2.70 bits per heavy atom. The number of nitrogens with one attached hydrogen (secondary N) is 1. The first kappa shape index (κ1) is 18.2. The fraction of sp³-hybridized carbons (Fsp3) is 0.158. The van der Waals surface area contributed by atoms with E-state index in [0.29, 0.717) is 11.1 Å². The number of nitrogens with zero attached hydrogens (tertiary/aromatic N) is 2. The lowest BCUT2D eigenvalue weighted by atomic mass is 10.1. The van der Waals surface area contributed by atoms with Crippen molar-refractivity contribution in [2.45, 2.75) is 13.5 Å². The Labute approximate surface area is 154 Å². The highest BCUT2D eigenvalue weighted by Gasteiger charge is 2.13. The Hall–Kier alpha value is -3.55. The first-order valence-corrected chi connectivity index (χ1v) is 8.10. The van der Waals surface area contributed by atoms with Gasteiger partial charge in [0.2, 0.25) is 5.82 Å². The second-order valence-electron chi connectivity index (χ2n) is 5.73. The zero-order valence-electron chi connectivity index (χ0n) is 14.4. The summed E-state index contributed by atoms with van der Waals surface area (Å²) in [5.74, 6) is -1.03. The quantitative estimate of drug-likeness (QED) is 0.672.